The van der Waals surface area contributed by atoms with Crippen LogP contribution < -0.4 is 20.9 Å². The first-order valence-electron chi connectivity index (χ1n) is 10.0. The summed E-state index contributed by atoms with van der Waals surface area (Å²) in [6.45, 7) is 2.40. The zero-order valence-corrected chi connectivity index (χ0v) is 17.4. The zero-order valence-electron chi connectivity index (χ0n) is 17.4. The van der Waals surface area contributed by atoms with E-state index in [2.05, 4.69) is 38.6 Å². The second-order valence-corrected chi connectivity index (χ2v) is 6.71. The molecule has 0 aliphatic heterocycles. The van der Waals surface area contributed by atoms with Crippen molar-refractivity contribution in [3.8, 4) is 11.4 Å². The maximum atomic E-state index is 12.2. The highest BCUT2D eigenvalue weighted by atomic mass is 16.5. The lowest BCUT2D eigenvalue weighted by molar-refractivity contribution is -0.120. The molecule has 2 aromatic carbocycles. The lowest BCUT2D eigenvalue weighted by Gasteiger charge is -2.09. The Morgan fingerprint density at radius 1 is 0.938 bits per heavy atom. The summed E-state index contributed by atoms with van der Waals surface area (Å²) in [7, 11) is 0. The fourth-order valence-corrected chi connectivity index (χ4v) is 2.59. The van der Waals surface area contributed by atoms with Gasteiger partial charge in [-0.2, -0.15) is 0 Å². The van der Waals surface area contributed by atoms with Gasteiger partial charge < -0.3 is 10.1 Å². The van der Waals surface area contributed by atoms with Gasteiger partial charge in [-0.05, 0) is 65.4 Å². The van der Waals surface area contributed by atoms with Crippen LogP contribution in [0.15, 0.2) is 54.9 Å². The van der Waals surface area contributed by atoms with Gasteiger partial charge in [0, 0.05) is 11.1 Å². The Morgan fingerprint density at radius 2 is 1.62 bits per heavy atom. The smallest absolute Gasteiger partial charge is 0.269 e. The maximum absolute atomic E-state index is 12.2. The number of unbranched alkanes of at least 4 members (excludes halogenated alkanes) is 1. The standard InChI is InChI=1S/C21H23N7O4/c1-2-3-12-32-18-10-6-15(7-11-18)20(30)22-13-19(29)24-25-21(31)16-4-8-17(9-5-16)28-14-23-26-27-28/h4-11,14H,2-3,12-13H2,1H3,(H,22,30)(H,24,29)(H,25,31). The van der Waals surface area contributed by atoms with E-state index < -0.39 is 17.7 Å². The van der Waals surface area contributed by atoms with Crippen molar-refractivity contribution in [1.82, 2.24) is 36.4 Å². The molecule has 3 rings (SSSR count). The minimum atomic E-state index is -0.573. The van der Waals surface area contributed by atoms with E-state index in [4.69, 9.17) is 4.74 Å². The van der Waals surface area contributed by atoms with Crippen LogP contribution in [0, 0.1) is 0 Å². The molecule has 1 heterocycles. The molecule has 0 aliphatic rings. The molecule has 0 aliphatic carbocycles. The third-order valence-corrected chi connectivity index (χ3v) is 4.35. The number of hydrogen-bond donors (Lipinski definition) is 3. The van der Waals surface area contributed by atoms with Crippen LogP contribution in [0.3, 0.4) is 0 Å². The van der Waals surface area contributed by atoms with E-state index in [9.17, 15) is 14.4 Å². The number of rotatable bonds is 9. The normalized spacial score (nSPS) is 10.3. The number of benzene rings is 2. The lowest BCUT2D eigenvalue weighted by Crippen LogP contribution is -2.46. The molecule has 0 fully saturated rings. The SMILES string of the molecule is CCCCOc1ccc(C(=O)NCC(=O)NNC(=O)c2ccc(-n3cnnn3)cc2)cc1. The van der Waals surface area contributed by atoms with E-state index >= 15 is 0 Å². The molecule has 0 unspecified atom stereocenters. The van der Waals surface area contributed by atoms with Gasteiger partial charge in [-0.3, -0.25) is 25.2 Å². The van der Waals surface area contributed by atoms with Gasteiger partial charge in [-0.25, -0.2) is 4.68 Å². The number of carbonyl (C=O) groups is 3. The Balaban J connectivity index is 1.40. The second kappa shape index (κ2) is 11.2. The predicted molar refractivity (Wildman–Crippen MR) is 114 cm³/mol. The third-order valence-electron chi connectivity index (χ3n) is 4.35. The number of amides is 3. The van der Waals surface area contributed by atoms with E-state index in [0.717, 1.165) is 12.8 Å². The number of ether oxygens (including phenoxy) is 1. The van der Waals surface area contributed by atoms with Gasteiger partial charge in [-0.15, -0.1) is 5.10 Å². The molecule has 166 valence electrons. The number of tetrazole rings is 1. The molecule has 0 saturated carbocycles. The molecule has 1 aromatic heterocycles. The molecule has 0 radical (unpaired) electrons. The molecular weight excluding hydrogens is 414 g/mol. The van der Waals surface area contributed by atoms with Crippen molar-refractivity contribution >= 4 is 17.7 Å². The first-order chi connectivity index (χ1) is 15.6. The highest BCUT2D eigenvalue weighted by molar-refractivity contribution is 5.98. The van der Waals surface area contributed by atoms with Gasteiger partial charge in [0.2, 0.25) is 0 Å². The van der Waals surface area contributed by atoms with Crippen molar-refractivity contribution in [2.24, 2.45) is 0 Å². The molecule has 3 amide bonds. The number of nitrogens with one attached hydrogen (secondary N) is 3. The Hall–Kier alpha value is -4.28. The van der Waals surface area contributed by atoms with Gasteiger partial charge in [0.05, 0.1) is 18.8 Å². The van der Waals surface area contributed by atoms with Crippen LogP contribution in [-0.4, -0.2) is 51.1 Å². The Labute approximate surface area is 184 Å². The molecular formula is C21H23N7O4. The molecule has 11 heteroatoms. The average Bonchev–Trinajstić information content (AvgIpc) is 3.37. The first-order valence-corrected chi connectivity index (χ1v) is 10.0. The molecule has 0 spiro atoms. The van der Waals surface area contributed by atoms with E-state index in [1.54, 1.807) is 48.5 Å². The van der Waals surface area contributed by atoms with E-state index in [0.29, 0.717) is 29.2 Å². The van der Waals surface area contributed by atoms with Crippen molar-refractivity contribution in [1.29, 1.82) is 0 Å². The summed E-state index contributed by atoms with van der Waals surface area (Å²) in [4.78, 5) is 36.3. The first kappa shape index (κ1) is 22.4. The highest BCUT2D eigenvalue weighted by Gasteiger charge is 2.11. The minimum absolute atomic E-state index is 0.300. The lowest BCUT2D eigenvalue weighted by atomic mass is 10.2. The van der Waals surface area contributed by atoms with Crippen LogP contribution in [0.2, 0.25) is 0 Å². The molecule has 0 saturated heterocycles. The molecule has 0 bridgehead atoms. The minimum Gasteiger partial charge on any atom is -0.494 e. The van der Waals surface area contributed by atoms with Crippen molar-refractivity contribution in [3.05, 3.63) is 66.0 Å². The average molecular weight is 437 g/mol. The summed E-state index contributed by atoms with van der Waals surface area (Å²) in [5.74, 6) is -0.811. The van der Waals surface area contributed by atoms with Gasteiger partial charge in [-0.1, -0.05) is 13.3 Å². The van der Waals surface area contributed by atoms with Gasteiger partial charge >= 0.3 is 0 Å². The van der Waals surface area contributed by atoms with E-state index in [1.807, 2.05) is 0 Å². The van der Waals surface area contributed by atoms with Crippen LogP contribution in [0.25, 0.3) is 5.69 Å². The summed E-state index contributed by atoms with van der Waals surface area (Å²) in [6.07, 6.45) is 3.43. The Morgan fingerprint density at radius 3 is 2.28 bits per heavy atom. The summed E-state index contributed by atoms with van der Waals surface area (Å²) in [6, 6.07) is 13.1. The van der Waals surface area contributed by atoms with Gasteiger partial charge in [0.1, 0.15) is 12.1 Å². The monoisotopic (exact) mass is 437 g/mol. The van der Waals surface area contributed by atoms with E-state index in [1.165, 1.54) is 11.0 Å². The maximum Gasteiger partial charge on any atom is 0.269 e. The molecule has 0 atom stereocenters. The van der Waals surface area contributed by atoms with Crippen molar-refractivity contribution in [2.45, 2.75) is 19.8 Å². The topological polar surface area (TPSA) is 140 Å². The van der Waals surface area contributed by atoms with Crippen LogP contribution in [0.5, 0.6) is 5.75 Å². The van der Waals surface area contributed by atoms with Crippen LogP contribution in [0.1, 0.15) is 40.5 Å². The molecule has 11 nitrogen and oxygen atoms in total. The number of hydrazine groups is 1. The summed E-state index contributed by atoms with van der Waals surface area (Å²) < 4.78 is 6.99. The molecule has 3 aromatic rings. The van der Waals surface area contributed by atoms with Crippen molar-refractivity contribution in [2.75, 3.05) is 13.2 Å². The number of hydrogen-bond acceptors (Lipinski definition) is 7. The summed E-state index contributed by atoms with van der Waals surface area (Å²) in [5.41, 5.74) is 5.95. The van der Waals surface area contributed by atoms with Crippen molar-refractivity contribution in [3.63, 3.8) is 0 Å². The van der Waals surface area contributed by atoms with Crippen molar-refractivity contribution < 1.29 is 19.1 Å². The quantitative estimate of drug-likeness (QED) is 0.335. The third kappa shape index (κ3) is 6.36. The van der Waals surface area contributed by atoms with Gasteiger partial charge in [0.15, 0.2) is 0 Å². The molecule has 32 heavy (non-hydrogen) atoms. The fraction of sp³-hybridized carbons (Fsp3) is 0.238. The molecule has 3 N–H and O–H groups in total. The zero-order chi connectivity index (χ0) is 22.8. The van der Waals surface area contributed by atoms with Crippen LogP contribution >= 0.6 is 0 Å². The Kier molecular flexibility index (Phi) is 7.84. The second-order valence-electron chi connectivity index (χ2n) is 6.71. The summed E-state index contributed by atoms with van der Waals surface area (Å²) >= 11 is 0. The number of aromatic nitrogens is 4. The number of carbonyl (C=O) groups excluding carboxylic acids is 3. The van der Waals surface area contributed by atoms with Crippen LogP contribution in [0.4, 0.5) is 0 Å². The van der Waals surface area contributed by atoms with E-state index in [-0.39, 0.29) is 6.54 Å². The number of nitrogens with zero attached hydrogens (tertiary/aromatic N) is 4. The largest absolute Gasteiger partial charge is 0.494 e. The van der Waals surface area contributed by atoms with Gasteiger partial charge in [0.25, 0.3) is 17.7 Å². The Bertz CT molecular complexity index is 1040. The summed E-state index contributed by atoms with van der Waals surface area (Å²) in [5, 5.41) is 13.3. The highest BCUT2D eigenvalue weighted by Crippen LogP contribution is 2.12. The van der Waals surface area contributed by atoms with Crippen LogP contribution in [-0.2, 0) is 4.79 Å². The fourth-order valence-electron chi connectivity index (χ4n) is 2.59. The predicted octanol–water partition coefficient (Wildman–Crippen LogP) is 1.03.